The lowest BCUT2D eigenvalue weighted by Crippen LogP contribution is -2.07. The van der Waals surface area contributed by atoms with Gasteiger partial charge in [-0.2, -0.15) is 0 Å². The maximum atomic E-state index is 12.4. The summed E-state index contributed by atoms with van der Waals surface area (Å²) < 4.78 is 0.954. The highest BCUT2D eigenvalue weighted by Gasteiger charge is 2.19. The van der Waals surface area contributed by atoms with Gasteiger partial charge in [-0.15, -0.1) is 0 Å². The fraction of sp³-hybridized carbons (Fsp3) is 0.0556. The molecule has 0 aromatic heterocycles. The first kappa shape index (κ1) is 11.9. The number of halogens is 1. The maximum absolute atomic E-state index is 12.4. The Morgan fingerprint density at radius 3 is 2.45 bits per heavy atom. The molecule has 1 aliphatic carbocycles. The van der Waals surface area contributed by atoms with E-state index in [0.29, 0.717) is 6.42 Å². The van der Waals surface area contributed by atoms with Crippen molar-refractivity contribution >= 4 is 49.3 Å². The predicted molar refractivity (Wildman–Crippen MR) is 87.3 cm³/mol. The Hall–Kier alpha value is -1.93. The molecular weight excluding hydrogens is 312 g/mol. The molecule has 0 spiro atoms. The van der Waals surface area contributed by atoms with Crippen LogP contribution in [0.15, 0.2) is 53.0 Å². The van der Waals surface area contributed by atoms with Crippen molar-refractivity contribution in [2.75, 3.05) is 0 Å². The number of fused-ring (bicyclic) bond motifs is 4. The lowest BCUT2D eigenvalue weighted by Gasteiger charge is -2.15. The van der Waals surface area contributed by atoms with Crippen LogP contribution >= 0.6 is 15.9 Å². The van der Waals surface area contributed by atoms with Crippen LogP contribution in [0.1, 0.15) is 22.3 Å². The minimum atomic E-state index is 0.190. The van der Waals surface area contributed by atoms with Crippen LogP contribution in [0.3, 0.4) is 0 Å². The van der Waals surface area contributed by atoms with Crippen LogP contribution in [0.5, 0.6) is 0 Å². The number of rotatable bonds is 0. The number of carbonyl (C=O) groups excluding carboxylic acids is 1. The molecule has 1 aliphatic rings. The normalized spacial score (nSPS) is 14.4. The minimum Gasteiger partial charge on any atom is -0.294 e. The zero-order chi connectivity index (χ0) is 13.7. The quantitative estimate of drug-likeness (QED) is 0.512. The van der Waals surface area contributed by atoms with E-state index < -0.39 is 0 Å². The summed E-state index contributed by atoms with van der Waals surface area (Å²) in [5.41, 5.74) is 1.87. The van der Waals surface area contributed by atoms with E-state index in [1.165, 1.54) is 10.8 Å². The number of ketones is 1. The third-order valence-corrected chi connectivity index (χ3v) is 4.35. The van der Waals surface area contributed by atoms with Gasteiger partial charge in [0.15, 0.2) is 5.78 Å². The molecule has 2 heteroatoms. The summed E-state index contributed by atoms with van der Waals surface area (Å²) in [5, 5.41) is 4.57. The highest BCUT2D eigenvalue weighted by atomic mass is 79.9. The molecule has 96 valence electrons. The van der Waals surface area contributed by atoms with E-state index in [-0.39, 0.29) is 5.78 Å². The van der Waals surface area contributed by atoms with Crippen LogP contribution in [-0.2, 0) is 0 Å². The molecule has 0 atom stereocenters. The molecular formula is C18H11BrO. The average Bonchev–Trinajstić information content (AvgIpc) is 2.44. The van der Waals surface area contributed by atoms with Crippen LogP contribution in [0.4, 0.5) is 0 Å². The summed E-state index contributed by atoms with van der Waals surface area (Å²) in [5.74, 6) is 0.190. The fourth-order valence-electron chi connectivity index (χ4n) is 2.92. The van der Waals surface area contributed by atoms with Crippen molar-refractivity contribution in [1.29, 1.82) is 0 Å². The minimum absolute atomic E-state index is 0.190. The second kappa shape index (κ2) is 4.29. The average molecular weight is 323 g/mol. The summed E-state index contributed by atoms with van der Waals surface area (Å²) >= 11 is 3.44. The monoisotopic (exact) mass is 322 g/mol. The highest BCUT2D eigenvalue weighted by molar-refractivity contribution is 9.11. The summed E-state index contributed by atoms with van der Waals surface area (Å²) in [4.78, 5) is 12.4. The Bertz CT molecular complexity index is 906. The molecule has 0 unspecified atom stereocenters. The van der Waals surface area contributed by atoms with E-state index in [1.807, 2.05) is 24.3 Å². The summed E-state index contributed by atoms with van der Waals surface area (Å²) in [6.07, 6.45) is 2.50. The van der Waals surface area contributed by atoms with Gasteiger partial charge < -0.3 is 0 Å². The first-order chi connectivity index (χ1) is 9.72. The number of hydrogen-bond acceptors (Lipinski definition) is 1. The van der Waals surface area contributed by atoms with Crippen molar-refractivity contribution in [2.24, 2.45) is 0 Å². The Balaban J connectivity index is 2.15. The van der Waals surface area contributed by atoms with E-state index >= 15 is 0 Å². The van der Waals surface area contributed by atoms with Gasteiger partial charge >= 0.3 is 0 Å². The van der Waals surface area contributed by atoms with Gasteiger partial charge in [0.2, 0.25) is 0 Å². The van der Waals surface area contributed by atoms with Gasteiger partial charge in [0.1, 0.15) is 0 Å². The van der Waals surface area contributed by atoms with Crippen LogP contribution in [0, 0.1) is 0 Å². The second-order valence-corrected chi connectivity index (χ2v) is 6.16. The van der Waals surface area contributed by atoms with Crippen LogP contribution in [0.2, 0.25) is 0 Å². The van der Waals surface area contributed by atoms with E-state index in [4.69, 9.17) is 0 Å². The third-order valence-electron chi connectivity index (χ3n) is 3.84. The molecule has 20 heavy (non-hydrogen) atoms. The van der Waals surface area contributed by atoms with E-state index in [9.17, 15) is 4.79 Å². The van der Waals surface area contributed by atoms with Gasteiger partial charge in [0.05, 0.1) is 0 Å². The van der Waals surface area contributed by atoms with E-state index in [2.05, 4.69) is 46.3 Å². The topological polar surface area (TPSA) is 17.1 Å². The summed E-state index contributed by atoms with van der Waals surface area (Å²) in [7, 11) is 0. The fourth-order valence-corrected chi connectivity index (χ4v) is 3.42. The van der Waals surface area contributed by atoms with Gasteiger partial charge in [-0.25, -0.2) is 0 Å². The molecule has 0 amide bonds. The van der Waals surface area contributed by atoms with Crippen molar-refractivity contribution in [1.82, 2.24) is 0 Å². The van der Waals surface area contributed by atoms with Gasteiger partial charge in [-0.05, 0) is 45.3 Å². The van der Waals surface area contributed by atoms with Crippen molar-refractivity contribution in [3.63, 3.8) is 0 Å². The predicted octanol–water partition coefficient (Wildman–Crippen LogP) is 5.32. The standard InChI is InChI=1S/C18H11BrO/c19-15-8-14-6-5-13-7-11-3-1-2-4-12(11)9-16(13)18(14)17(20)10-15/h1-9H,10H2. The van der Waals surface area contributed by atoms with Crippen molar-refractivity contribution in [2.45, 2.75) is 6.42 Å². The van der Waals surface area contributed by atoms with E-state index in [0.717, 1.165) is 26.4 Å². The zero-order valence-electron chi connectivity index (χ0n) is 10.7. The van der Waals surface area contributed by atoms with Crippen LogP contribution < -0.4 is 0 Å². The molecule has 4 rings (SSSR count). The number of hydrogen-bond donors (Lipinski definition) is 0. The largest absolute Gasteiger partial charge is 0.294 e. The molecule has 0 fully saturated rings. The highest BCUT2D eigenvalue weighted by Crippen LogP contribution is 2.34. The molecule has 0 heterocycles. The molecule has 0 aliphatic heterocycles. The van der Waals surface area contributed by atoms with Crippen molar-refractivity contribution < 1.29 is 4.79 Å². The summed E-state index contributed by atoms with van der Waals surface area (Å²) in [6, 6.07) is 16.7. The summed E-state index contributed by atoms with van der Waals surface area (Å²) in [6.45, 7) is 0. The smallest absolute Gasteiger partial charge is 0.168 e. The molecule has 0 bridgehead atoms. The number of allylic oxidation sites excluding steroid dienone is 1. The second-order valence-electron chi connectivity index (χ2n) is 5.14. The first-order valence-electron chi connectivity index (χ1n) is 6.57. The Morgan fingerprint density at radius 1 is 0.900 bits per heavy atom. The third kappa shape index (κ3) is 1.72. The lowest BCUT2D eigenvalue weighted by molar-refractivity contribution is 0.0995. The van der Waals surface area contributed by atoms with Crippen molar-refractivity contribution in [3.8, 4) is 0 Å². The molecule has 0 N–H and O–H groups in total. The van der Waals surface area contributed by atoms with Gasteiger partial charge in [0, 0.05) is 16.5 Å². The molecule has 3 aromatic rings. The Labute approximate surface area is 125 Å². The SMILES string of the molecule is O=C1CC(Br)=Cc2ccc3cc4ccccc4cc3c21. The first-order valence-corrected chi connectivity index (χ1v) is 7.36. The Morgan fingerprint density at radius 2 is 1.65 bits per heavy atom. The molecule has 0 saturated heterocycles. The number of benzene rings is 3. The molecule has 1 nitrogen and oxygen atoms in total. The Kier molecular flexibility index (Phi) is 2.54. The molecule has 3 aromatic carbocycles. The van der Waals surface area contributed by atoms with Gasteiger partial charge in [-0.1, -0.05) is 52.3 Å². The van der Waals surface area contributed by atoms with Crippen LogP contribution in [-0.4, -0.2) is 5.78 Å². The van der Waals surface area contributed by atoms with Crippen LogP contribution in [0.25, 0.3) is 27.6 Å². The molecule has 0 saturated carbocycles. The zero-order valence-corrected chi connectivity index (χ0v) is 12.3. The van der Waals surface area contributed by atoms with Crippen molar-refractivity contribution in [3.05, 3.63) is 64.1 Å². The lowest BCUT2D eigenvalue weighted by atomic mass is 9.89. The number of carbonyl (C=O) groups is 1. The molecule has 0 radical (unpaired) electrons. The number of Topliss-reactive ketones (excluding diaryl/α,β-unsaturated/α-hetero) is 1. The van der Waals surface area contributed by atoms with Gasteiger partial charge in [0.25, 0.3) is 0 Å². The van der Waals surface area contributed by atoms with E-state index in [1.54, 1.807) is 0 Å². The maximum Gasteiger partial charge on any atom is 0.168 e. The van der Waals surface area contributed by atoms with Gasteiger partial charge in [-0.3, -0.25) is 4.79 Å².